The molecule has 0 atom stereocenters. The molecule has 1 N–H and O–H groups in total. The Kier molecular flexibility index (Phi) is 3.46. The van der Waals surface area contributed by atoms with Crippen molar-refractivity contribution in [2.45, 2.75) is 13.8 Å². The Morgan fingerprint density at radius 2 is 1.61 bits per heavy atom. The van der Waals surface area contributed by atoms with Gasteiger partial charge in [-0.2, -0.15) is 0 Å². The molecule has 0 aliphatic carbocycles. The van der Waals surface area contributed by atoms with Gasteiger partial charge in [-0.25, -0.2) is 9.97 Å². The summed E-state index contributed by atoms with van der Waals surface area (Å²) in [4.78, 5) is 10.4. The third-order valence-corrected chi connectivity index (χ3v) is 2.60. The lowest BCUT2D eigenvalue weighted by Crippen LogP contribution is -2.11. The summed E-state index contributed by atoms with van der Waals surface area (Å²) in [5.41, 5.74) is 3.52. The number of anilines is 3. The number of aromatic nitrogens is 2. The van der Waals surface area contributed by atoms with Gasteiger partial charge in [0.05, 0.1) is 0 Å². The van der Waals surface area contributed by atoms with E-state index < -0.39 is 0 Å². The summed E-state index contributed by atoms with van der Waals surface area (Å²) < 4.78 is 0. The number of rotatable bonds is 3. The van der Waals surface area contributed by atoms with Gasteiger partial charge in [-0.05, 0) is 37.1 Å². The highest BCUT2D eigenvalue weighted by atomic mass is 15.2. The van der Waals surface area contributed by atoms with Crippen LogP contribution >= 0.6 is 0 Å². The number of benzene rings is 1. The van der Waals surface area contributed by atoms with Crippen molar-refractivity contribution in [1.29, 1.82) is 0 Å². The zero-order valence-electron chi connectivity index (χ0n) is 11.2. The molecule has 2 rings (SSSR count). The van der Waals surface area contributed by atoms with Crippen molar-refractivity contribution >= 4 is 17.3 Å². The SMILES string of the molecule is Cc1cc(C)cc(Nc2cc(N(C)C)ncn2)c1. The molecule has 0 radical (unpaired) electrons. The second-order valence-electron chi connectivity index (χ2n) is 4.66. The van der Waals surface area contributed by atoms with Gasteiger partial charge in [0.1, 0.15) is 18.0 Å². The van der Waals surface area contributed by atoms with Gasteiger partial charge in [0.15, 0.2) is 0 Å². The van der Waals surface area contributed by atoms with E-state index >= 15 is 0 Å². The Bertz CT molecular complexity index is 529. The summed E-state index contributed by atoms with van der Waals surface area (Å²) in [6.45, 7) is 4.17. The Morgan fingerprint density at radius 3 is 2.22 bits per heavy atom. The van der Waals surface area contributed by atoms with Crippen molar-refractivity contribution in [3.8, 4) is 0 Å². The smallest absolute Gasteiger partial charge is 0.135 e. The summed E-state index contributed by atoms with van der Waals surface area (Å²) >= 11 is 0. The largest absolute Gasteiger partial charge is 0.363 e. The average molecular weight is 242 g/mol. The maximum absolute atomic E-state index is 4.23. The van der Waals surface area contributed by atoms with Crippen molar-refractivity contribution in [3.05, 3.63) is 41.7 Å². The molecule has 0 spiro atoms. The van der Waals surface area contributed by atoms with E-state index in [1.165, 1.54) is 11.1 Å². The number of nitrogens with zero attached hydrogens (tertiary/aromatic N) is 3. The minimum Gasteiger partial charge on any atom is -0.363 e. The normalized spacial score (nSPS) is 10.2. The standard InChI is InChI=1S/C14H18N4/c1-10-5-11(2)7-12(6-10)17-13-8-14(18(3)4)16-9-15-13/h5-9H,1-4H3,(H,15,16,17). The Hall–Kier alpha value is -2.10. The van der Waals surface area contributed by atoms with Gasteiger partial charge in [-0.3, -0.25) is 0 Å². The molecule has 0 saturated carbocycles. The zero-order valence-corrected chi connectivity index (χ0v) is 11.2. The van der Waals surface area contributed by atoms with E-state index in [0.717, 1.165) is 17.3 Å². The van der Waals surface area contributed by atoms with Crippen molar-refractivity contribution in [2.75, 3.05) is 24.3 Å². The van der Waals surface area contributed by atoms with Crippen molar-refractivity contribution in [1.82, 2.24) is 9.97 Å². The van der Waals surface area contributed by atoms with E-state index in [2.05, 4.69) is 47.3 Å². The summed E-state index contributed by atoms with van der Waals surface area (Å²) in [6.07, 6.45) is 1.57. The van der Waals surface area contributed by atoms with Crippen LogP contribution in [0.15, 0.2) is 30.6 Å². The number of hydrogen-bond donors (Lipinski definition) is 1. The van der Waals surface area contributed by atoms with Crippen LogP contribution in [0.5, 0.6) is 0 Å². The number of nitrogens with one attached hydrogen (secondary N) is 1. The molecule has 0 amide bonds. The number of hydrogen-bond acceptors (Lipinski definition) is 4. The van der Waals surface area contributed by atoms with Gasteiger partial charge >= 0.3 is 0 Å². The van der Waals surface area contributed by atoms with E-state index in [9.17, 15) is 0 Å². The molecule has 0 saturated heterocycles. The van der Waals surface area contributed by atoms with Crippen molar-refractivity contribution in [2.24, 2.45) is 0 Å². The molecule has 4 nitrogen and oxygen atoms in total. The van der Waals surface area contributed by atoms with Crippen LogP contribution in [-0.2, 0) is 0 Å². The first-order chi connectivity index (χ1) is 8.54. The fourth-order valence-corrected chi connectivity index (χ4v) is 1.85. The molecule has 0 aliphatic heterocycles. The van der Waals surface area contributed by atoms with Gasteiger partial charge < -0.3 is 10.2 Å². The maximum atomic E-state index is 4.23. The van der Waals surface area contributed by atoms with Crippen LogP contribution in [0.3, 0.4) is 0 Å². The molecule has 4 heteroatoms. The van der Waals surface area contributed by atoms with Crippen LogP contribution in [-0.4, -0.2) is 24.1 Å². The molecule has 1 heterocycles. The van der Waals surface area contributed by atoms with Crippen LogP contribution in [0.1, 0.15) is 11.1 Å². The van der Waals surface area contributed by atoms with E-state index in [1.54, 1.807) is 6.33 Å². The topological polar surface area (TPSA) is 41.0 Å². The average Bonchev–Trinajstić information content (AvgIpc) is 2.27. The molecule has 0 fully saturated rings. The summed E-state index contributed by atoms with van der Waals surface area (Å²) in [6, 6.07) is 8.28. The summed E-state index contributed by atoms with van der Waals surface area (Å²) in [5.74, 6) is 1.69. The highest BCUT2D eigenvalue weighted by Gasteiger charge is 2.02. The molecule has 2 aromatic rings. The van der Waals surface area contributed by atoms with Crippen LogP contribution in [0.2, 0.25) is 0 Å². The Labute approximate surface area is 108 Å². The first-order valence-corrected chi connectivity index (χ1v) is 5.89. The lowest BCUT2D eigenvalue weighted by atomic mass is 10.1. The highest BCUT2D eigenvalue weighted by molar-refractivity contribution is 5.60. The van der Waals surface area contributed by atoms with Gasteiger partial charge in [0.25, 0.3) is 0 Å². The summed E-state index contributed by atoms with van der Waals surface area (Å²) in [7, 11) is 3.92. The Morgan fingerprint density at radius 1 is 0.944 bits per heavy atom. The highest BCUT2D eigenvalue weighted by Crippen LogP contribution is 2.19. The molecule has 0 unspecified atom stereocenters. The van der Waals surface area contributed by atoms with Crippen molar-refractivity contribution < 1.29 is 0 Å². The van der Waals surface area contributed by atoms with E-state index in [0.29, 0.717) is 0 Å². The number of aryl methyl sites for hydroxylation is 2. The molecular formula is C14H18N4. The van der Waals surface area contributed by atoms with E-state index in [4.69, 9.17) is 0 Å². The predicted molar refractivity (Wildman–Crippen MR) is 75.6 cm³/mol. The van der Waals surface area contributed by atoms with Gasteiger partial charge in [-0.1, -0.05) is 6.07 Å². The molecule has 94 valence electrons. The quantitative estimate of drug-likeness (QED) is 0.898. The zero-order chi connectivity index (χ0) is 13.1. The monoisotopic (exact) mass is 242 g/mol. The van der Waals surface area contributed by atoms with Gasteiger partial charge in [0, 0.05) is 25.8 Å². The lowest BCUT2D eigenvalue weighted by molar-refractivity contribution is 1.04. The molecule has 1 aromatic heterocycles. The molecule has 18 heavy (non-hydrogen) atoms. The maximum Gasteiger partial charge on any atom is 0.135 e. The van der Waals surface area contributed by atoms with E-state index in [-0.39, 0.29) is 0 Å². The summed E-state index contributed by atoms with van der Waals surface area (Å²) in [5, 5.41) is 3.30. The van der Waals surface area contributed by atoms with Gasteiger partial charge in [-0.15, -0.1) is 0 Å². The predicted octanol–water partition coefficient (Wildman–Crippen LogP) is 2.90. The van der Waals surface area contributed by atoms with E-state index in [1.807, 2.05) is 25.1 Å². The second-order valence-corrected chi connectivity index (χ2v) is 4.66. The third kappa shape index (κ3) is 2.97. The second kappa shape index (κ2) is 5.04. The minimum absolute atomic E-state index is 0.804. The minimum atomic E-state index is 0.804. The van der Waals surface area contributed by atoms with Crippen LogP contribution in [0.4, 0.5) is 17.3 Å². The molecule has 0 aliphatic rings. The third-order valence-electron chi connectivity index (χ3n) is 2.60. The van der Waals surface area contributed by atoms with Gasteiger partial charge in [0.2, 0.25) is 0 Å². The molecule has 0 bridgehead atoms. The molecule has 1 aromatic carbocycles. The van der Waals surface area contributed by atoms with Crippen LogP contribution < -0.4 is 10.2 Å². The van der Waals surface area contributed by atoms with Crippen LogP contribution in [0.25, 0.3) is 0 Å². The first kappa shape index (κ1) is 12.4. The molecular weight excluding hydrogens is 224 g/mol. The lowest BCUT2D eigenvalue weighted by Gasteiger charge is -2.13. The fraction of sp³-hybridized carbons (Fsp3) is 0.286. The Balaban J connectivity index is 2.25. The first-order valence-electron chi connectivity index (χ1n) is 5.89. The van der Waals surface area contributed by atoms with Crippen molar-refractivity contribution in [3.63, 3.8) is 0 Å². The van der Waals surface area contributed by atoms with Crippen LogP contribution in [0, 0.1) is 13.8 Å². The fourth-order valence-electron chi connectivity index (χ4n) is 1.85.